The molecule has 3 aromatic rings. The van der Waals surface area contributed by atoms with Gasteiger partial charge in [0.15, 0.2) is 5.82 Å². The molecule has 0 aliphatic rings. The third-order valence-electron chi connectivity index (χ3n) is 3.35. The number of aromatic nitrogens is 4. The van der Waals surface area contributed by atoms with Crippen LogP contribution in [0.2, 0.25) is 5.02 Å². The molecule has 1 heterocycles. The minimum atomic E-state index is 0.502. The first-order valence-corrected chi connectivity index (χ1v) is 7.53. The molecule has 118 valence electrons. The zero-order valence-corrected chi connectivity index (χ0v) is 13.6. The highest BCUT2D eigenvalue weighted by Crippen LogP contribution is 2.20. The molecule has 1 aromatic heterocycles. The van der Waals surface area contributed by atoms with Gasteiger partial charge in [-0.05, 0) is 47.7 Å². The Morgan fingerprint density at radius 2 is 2.00 bits per heavy atom. The smallest absolute Gasteiger partial charge is 0.181 e. The SMILES string of the molecule is Cc1ccc(-n2nnnc2/C=C/Nc2cc(Cl)ccc2C#N)cc1. The average molecular weight is 337 g/mol. The van der Waals surface area contributed by atoms with Crippen molar-refractivity contribution in [3.8, 4) is 11.8 Å². The molecule has 7 heteroatoms. The second-order valence-corrected chi connectivity index (χ2v) is 5.50. The van der Waals surface area contributed by atoms with Gasteiger partial charge in [0, 0.05) is 17.3 Å². The van der Waals surface area contributed by atoms with Crippen molar-refractivity contribution < 1.29 is 0 Å². The number of halogens is 1. The van der Waals surface area contributed by atoms with Crippen LogP contribution in [0.25, 0.3) is 11.8 Å². The van der Waals surface area contributed by atoms with Crippen molar-refractivity contribution in [2.75, 3.05) is 5.32 Å². The van der Waals surface area contributed by atoms with E-state index in [0.29, 0.717) is 22.1 Å². The molecular formula is C17H13ClN6. The second-order valence-electron chi connectivity index (χ2n) is 5.06. The third-order valence-corrected chi connectivity index (χ3v) is 3.58. The van der Waals surface area contributed by atoms with Crippen LogP contribution in [0.3, 0.4) is 0 Å². The molecule has 0 amide bonds. The monoisotopic (exact) mass is 336 g/mol. The van der Waals surface area contributed by atoms with E-state index < -0.39 is 0 Å². The summed E-state index contributed by atoms with van der Waals surface area (Å²) in [5, 5.41) is 24.4. The highest BCUT2D eigenvalue weighted by Gasteiger charge is 2.05. The number of hydrogen-bond acceptors (Lipinski definition) is 5. The molecule has 2 aromatic carbocycles. The van der Waals surface area contributed by atoms with Crippen LogP contribution < -0.4 is 5.32 Å². The van der Waals surface area contributed by atoms with Crippen molar-refractivity contribution >= 4 is 23.4 Å². The molecule has 0 unspecified atom stereocenters. The Morgan fingerprint density at radius 1 is 1.21 bits per heavy atom. The Balaban J connectivity index is 1.82. The fraction of sp³-hybridized carbons (Fsp3) is 0.0588. The van der Waals surface area contributed by atoms with E-state index in [4.69, 9.17) is 16.9 Å². The fourth-order valence-electron chi connectivity index (χ4n) is 2.11. The Morgan fingerprint density at radius 3 is 2.75 bits per heavy atom. The molecule has 0 bridgehead atoms. The average Bonchev–Trinajstić information content (AvgIpc) is 3.04. The summed E-state index contributed by atoms with van der Waals surface area (Å²) in [4.78, 5) is 0. The number of benzene rings is 2. The summed E-state index contributed by atoms with van der Waals surface area (Å²) in [6.45, 7) is 2.02. The van der Waals surface area contributed by atoms with Crippen LogP contribution in [0.5, 0.6) is 0 Å². The van der Waals surface area contributed by atoms with Crippen molar-refractivity contribution in [3.05, 3.63) is 70.6 Å². The molecule has 0 saturated carbocycles. The Bertz CT molecular complexity index is 921. The molecule has 0 saturated heterocycles. The summed E-state index contributed by atoms with van der Waals surface area (Å²) in [7, 11) is 0. The zero-order chi connectivity index (χ0) is 16.9. The Labute approximate surface area is 144 Å². The number of rotatable bonds is 4. The number of nitrogens with one attached hydrogen (secondary N) is 1. The molecule has 6 nitrogen and oxygen atoms in total. The van der Waals surface area contributed by atoms with E-state index in [1.54, 1.807) is 35.2 Å². The molecule has 0 atom stereocenters. The first-order chi connectivity index (χ1) is 11.7. The predicted molar refractivity (Wildman–Crippen MR) is 92.7 cm³/mol. The van der Waals surface area contributed by atoms with Gasteiger partial charge >= 0.3 is 0 Å². The van der Waals surface area contributed by atoms with Crippen LogP contribution in [0.1, 0.15) is 17.0 Å². The largest absolute Gasteiger partial charge is 0.360 e. The lowest BCUT2D eigenvalue weighted by atomic mass is 10.2. The van der Waals surface area contributed by atoms with Crippen LogP contribution >= 0.6 is 11.6 Å². The molecule has 0 fully saturated rings. The molecule has 1 N–H and O–H groups in total. The number of anilines is 1. The lowest BCUT2D eigenvalue weighted by Gasteiger charge is -2.04. The van der Waals surface area contributed by atoms with E-state index in [1.807, 2.05) is 31.2 Å². The Hall–Kier alpha value is -3.17. The van der Waals surface area contributed by atoms with Crippen molar-refractivity contribution in [2.45, 2.75) is 6.92 Å². The summed E-state index contributed by atoms with van der Waals surface area (Å²) < 4.78 is 1.63. The highest BCUT2D eigenvalue weighted by molar-refractivity contribution is 6.30. The molecular weight excluding hydrogens is 324 g/mol. The predicted octanol–water partition coefficient (Wildman–Crippen LogP) is 3.58. The van der Waals surface area contributed by atoms with Gasteiger partial charge in [-0.1, -0.05) is 29.3 Å². The summed E-state index contributed by atoms with van der Waals surface area (Å²) in [6, 6.07) is 15.0. The normalized spacial score (nSPS) is 10.7. The first kappa shape index (κ1) is 15.7. The van der Waals surface area contributed by atoms with Crippen molar-refractivity contribution in [3.63, 3.8) is 0 Å². The lowest BCUT2D eigenvalue weighted by Crippen LogP contribution is -2.00. The van der Waals surface area contributed by atoms with Crippen LogP contribution in [0, 0.1) is 18.3 Å². The Kier molecular flexibility index (Phi) is 4.54. The van der Waals surface area contributed by atoms with Gasteiger partial charge in [-0.25, -0.2) is 0 Å². The highest BCUT2D eigenvalue weighted by atomic mass is 35.5. The number of hydrogen-bond donors (Lipinski definition) is 1. The summed E-state index contributed by atoms with van der Waals surface area (Å²) >= 11 is 5.96. The van der Waals surface area contributed by atoms with Crippen molar-refractivity contribution in [2.24, 2.45) is 0 Å². The molecule has 0 spiro atoms. The van der Waals surface area contributed by atoms with E-state index in [2.05, 4.69) is 26.9 Å². The zero-order valence-electron chi connectivity index (χ0n) is 12.8. The number of tetrazole rings is 1. The maximum Gasteiger partial charge on any atom is 0.181 e. The minimum Gasteiger partial charge on any atom is -0.360 e. The van der Waals surface area contributed by atoms with Gasteiger partial charge in [-0.15, -0.1) is 5.10 Å². The maximum absolute atomic E-state index is 9.11. The molecule has 24 heavy (non-hydrogen) atoms. The number of nitrogens with zero attached hydrogens (tertiary/aromatic N) is 5. The maximum atomic E-state index is 9.11. The molecule has 0 radical (unpaired) electrons. The van der Waals surface area contributed by atoms with Crippen LogP contribution in [-0.4, -0.2) is 20.2 Å². The molecule has 3 rings (SSSR count). The topological polar surface area (TPSA) is 79.4 Å². The summed E-state index contributed by atoms with van der Waals surface area (Å²) in [6.07, 6.45) is 3.39. The third kappa shape index (κ3) is 3.42. The number of aryl methyl sites for hydroxylation is 1. The molecule has 0 aliphatic carbocycles. The van der Waals surface area contributed by atoms with Gasteiger partial charge in [0.2, 0.25) is 0 Å². The van der Waals surface area contributed by atoms with Crippen LogP contribution in [0.15, 0.2) is 48.7 Å². The van der Waals surface area contributed by atoms with E-state index in [9.17, 15) is 0 Å². The summed E-state index contributed by atoms with van der Waals surface area (Å²) in [5.41, 5.74) is 3.15. The quantitative estimate of drug-likeness (QED) is 0.787. The van der Waals surface area contributed by atoms with Crippen molar-refractivity contribution in [1.29, 1.82) is 5.26 Å². The molecule has 0 aliphatic heterocycles. The van der Waals surface area contributed by atoms with Gasteiger partial charge < -0.3 is 5.32 Å². The van der Waals surface area contributed by atoms with Gasteiger partial charge in [0.25, 0.3) is 0 Å². The van der Waals surface area contributed by atoms with Gasteiger partial charge in [0.05, 0.1) is 16.9 Å². The van der Waals surface area contributed by atoms with E-state index in [0.717, 1.165) is 11.3 Å². The van der Waals surface area contributed by atoms with E-state index in [-0.39, 0.29) is 0 Å². The van der Waals surface area contributed by atoms with Gasteiger partial charge in [-0.2, -0.15) is 9.94 Å². The number of nitriles is 1. The van der Waals surface area contributed by atoms with Crippen LogP contribution in [0.4, 0.5) is 5.69 Å². The second kappa shape index (κ2) is 6.94. The summed E-state index contributed by atoms with van der Waals surface area (Å²) in [5.74, 6) is 0.562. The van der Waals surface area contributed by atoms with E-state index in [1.165, 1.54) is 0 Å². The minimum absolute atomic E-state index is 0.502. The van der Waals surface area contributed by atoms with E-state index >= 15 is 0 Å². The first-order valence-electron chi connectivity index (χ1n) is 7.15. The van der Waals surface area contributed by atoms with Crippen molar-refractivity contribution in [1.82, 2.24) is 20.2 Å². The van der Waals surface area contributed by atoms with Gasteiger partial charge in [0.1, 0.15) is 6.07 Å². The standard InChI is InChI=1S/C17H13ClN6/c1-12-2-6-15(7-3-12)24-17(21-22-23-24)8-9-20-16-10-14(18)5-4-13(16)11-19/h2-10,20H,1H3/b9-8+. The van der Waals surface area contributed by atoms with Crippen LogP contribution in [-0.2, 0) is 0 Å². The fourth-order valence-corrected chi connectivity index (χ4v) is 2.28. The lowest BCUT2D eigenvalue weighted by molar-refractivity contribution is 0.786. The van der Waals surface area contributed by atoms with Gasteiger partial charge in [-0.3, -0.25) is 0 Å².